The summed E-state index contributed by atoms with van der Waals surface area (Å²) in [4.78, 5) is 30.6. The molecule has 0 bridgehead atoms. The Balaban J connectivity index is 1.79. The predicted octanol–water partition coefficient (Wildman–Crippen LogP) is 3.85. The second-order valence-electron chi connectivity index (χ2n) is 6.66. The van der Waals surface area contributed by atoms with Crippen LogP contribution in [0.5, 0.6) is 0 Å². The molecule has 0 aliphatic rings. The Labute approximate surface area is 188 Å². The number of pyridine rings is 1. The second-order valence-corrected chi connectivity index (χ2v) is 7.07. The van der Waals surface area contributed by atoms with Crippen LogP contribution in [0.1, 0.15) is 24.6 Å². The lowest BCUT2D eigenvalue weighted by molar-refractivity contribution is -0.174. The number of benzene rings is 1. The zero-order valence-electron chi connectivity index (χ0n) is 16.9. The molecule has 0 aliphatic carbocycles. The van der Waals surface area contributed by atoms with Crippen molar-refractivity contribution in [1.29, 1.82) is 0 Å². The summed E-state index contributed by atoms with van der Waals surface area (Å²) in [7, 11) is 0. The van der Waals surface area contributed by atoms with E-state index >= 15 is 0 Å². The van der Waals surface area contributed by atoms with Gasteiger partial charge in [0.05, 0.1) is 16.8 Å². The van der Waals surface area contributed by atoms with E-state index in [4.69, 9.17) is 16.1 Å². The van der Waals surface area contributed by atoms with Gasteiger partial charge in [-0.25, -0.2) is 14.6 Å². The number of halogens is 5. The molecule has 0 saturated carbocycles. The summed E-state index contributed by atoms with van der Waals surface area (Å²) in [5, 5.41) is 6.30. The average molecular weight is 487 g/mol. The van der Waals surface area contributed by atoms with E-state index in [1.807, 2.05) is 0 Å². The third-order valence-corrected chi connectivity index (χ3v) is 4.57. The van der Waals surface area contributed by atoms with Crippen molar-refractivity contribution >= 4 is 23.5 Å². The Morgan fingerprint density at radius 1 is 1.21 bits per heavy atom. The van der Waals surface area contributed by atoms with Crippen LogP contribution in [0.3, 0.4) is 0 Å². The summed E-state index contributed by atoms with van der Waals surface area (Å²) in [5.41, 5.74) is 3.70. The van der Waals surface area contributed by atoms with Crippen molar-refractivity contribution in [2.24, 2.45) is 0 Å². The number of aryl methyl sites for hydroxylation is 1. The first kappa shape index (κ1) is 23.9. The molecular weight excluding hydrogens is 472 g/mol. The number of carbonyl (C=O) groups is 2. The number of alkyl halides is 3. The van der Waals surface area contributed by atoms with Crippen LogP contribution < -0.4 is 16.2 Å². The van der Waals surface area contributed by atoms with Gasteiger partial charge in [0.25, 0.3) is 0 Å². The van der Waals surface area contributed by atoms with Crippen molar-refractivity contribution < 1.29 is 31.7 Å². The largest absolute Gasteiger partial charge is 0.472 e. The maximum atomic E-state index is 14.8. The molecule has 3 rings (SSSR count). The molecule has 174 valence electrons. The summed E-state index contributed by atoms with van der Waals surface area (Å²) in [6.07, 6.45) is -3.86. The highest BCUT2D eigenvalue weighted by Gasteiger charge is 2.39. The first-order valence-electron chi connectivity index (χ1n) is 9.16. The van der Waals surface area contributed by atoms with Crippen LogP contribution in [0.2, 0.25) is 5.02 Å². The number of amides is 3. The molecule has 3 N–H and O–H groups in total. The van der Waals surface area contributed by atoms with Crippen molar-refractivity contribution in [3.05, 3.63) is 52.9 Å². The maximum absolute atomic E-state index is 14.8. The van der Waals surface area contributed by atoms with Crippen LogP contribution in [0.25, 0.3) is 22.5 Å². The number of hydrazine groups is 1. The molecule has 0 spiro atoms. The van der Waals surface area contributed by atoms with Gasteiger partial charge in [-0.15, -0.1) is 0 Å². The normalized spacial score (nSPS) is 12.2. The van der Waals surface area contributed by atoms with Gasteiger partial charge in [-0.2, -0.15) is 18.2 Å². The second kappa shape index (κ2) is 9.40. The number of rotatable bonds is 4. The molecule has 2 aromatic heterocycles. The summed E-state index contributed by atoms with van der Waals surface area (Å²) >= 11 is 6.29. The smallest absolute Gasteiger partial charge is 0.339 e. The van der Waals surface area contributed by atoms with Crippen LogP contribution in [0, 0.1) is 12.7 Å². The maximum Gasteiger partial charge on any atom is 0.472 e. The number of nitrogens with zero attached hydrogens (tertiary/aromatic N) is 3. The number of urea groups is 1. The molecular formula is C19H15ClF4N6O3. The van der Waals surface area contributed by atoms with Gasteiger partial charge >= 0.3 is 18.1 Å². The van der Waals surface area contributed by atoms with Crippen molar-refractivity contribution in [3.63, 3.8) is 0 Å². The summed E-state index contributed by atoms with van der Waals surface area (Å²) in [5.74, 6) is -2.67. The minimum Gasteiger partial charge on any atom is -0.339 e. The number of hydrogen-bond acceptors (Lipinski definition) is 6. The highest BCUT2D eigenvalue weighted by atomic mass is 35.5. The Hall–Kier alpha value is -3.74. The topological polar surface area (TPSA) is 122 Å². The fraction of sp³-hybridized carbons (Fsp3) is 0.211. The van der Waals surface area contributed by atoms with Gasteiger partial charge in [0.2, 0.25) is 11.7 Å². The molecule has 3 amide bonds. The number of aromatic nitrogens is 3. The molecule has 0 aliphatic heterocycles. The van der Waals surface area contributed by atoms with E-state index in [1.54, 1.807) is 25.1 Å². The average Bonchev–Trinajstić information content (AvgIpc) is 3.16. The van der Waals surface area contributed by atoms with Crippen LogP contribution in [0.15, 0.2) is 35.0 Å². The Morgan fingerprint density at radius 3 is 2.55 bits per heavy atom. The lowest BCUT2D eigenvalue weighted by Gasteiger charge is -2.16. The van der Waals surface area contributed by atoms with E-state index in [-0.39, 0.29) is 11.5 Å². The van der Waals surface area contributed by atoms with E-state index in [9.17, 15) is 27.2 Å². The van der Waals surface area contributed by atoms with Crippen LogP contribution in [0.4, 0.5) is 22.4 Å². The zero-order valence-corrected chi connectivity index (χ0v) is 17.7. The van der Waals surface area contributed by atoms with E-state index in [2.05, 4.69) is 20.4 Å². The highest BCUT2D eigenvalue weighted by Crippen LogP contribution is 2.36. The molecule has 9 nitrogen and oxygen atoms in total. The molecule has 33 heavy (non-hydrogen) atoms. The third-order valence-electron chi connectivity index (χ3n) is 4.25. The van der Waals surface area contributed by atoms with Crippen molar-refractivity contribution in [1.82, 2.24) is 31.3 Å². The quantitative estimate of drug-likeness (QED) is 0.380. The monoisotopic (exact) mass is 486 g/mol. The zero-order chi connectivity index (χ0) is 24.3. The minimum absolute atomic E-state index is 0.199. The lowest BCUT2D eigenvalue weighted by atomic mass is 9.99. The van der Waals surface area contributed by atoms with Gasteiger partial charge in [-0.3, -0.25) is 15.2 Å². The van der Waals surface area contributed by atoms with E-state index < -0.39 is 30.0 Å². The van der Waals surface area contributed by atoms with Crippen molar-refractivity contribution in [2.75, 3.05) is 0 Å². The van der Waals surface area contributed by atoms with Crippen LogP contribution >= 0.6 is 11.6 Å². The summed E-state index contributed by atoms with van der Waals surface area (Å²) < 4.78 is 56.3. The molecule has 1 unspecified atom stereocenters. The Morgan fingerprint density at radius 2 is 1.94 bits per heavy atom. The highest BCUT2D eigenvalue weighted by molar-refractivity contribution is 6.33. The van der Waals surface area contributed by atoms with Gasteiger partial charge in [0, 0.05) is 24.2 Å². The molecule has 1 aromatic carbocycles. The first-order valence-corrected chi connectivity index (χ1v) is 9.54. The van der Waals surface area contributed by atoms with Gasteiger partial charge in [0.1, 0.15) is 5.82 Å². The molecule has 3 aromatic rings. The molecule has 0 saturated heterocycles. The van der Waals surface area contributed by atoms with E-state index in [0.29, 0.717) is 27.6 Å². The van der Waals surface area contributed by atoms with Crippen LogP contribution in [-0.2, 0) is 4.79 Å². The number of carbonyl (C=O) groups excluding carboxylic acids is 2. The lowest BCUT2D eigenvalue weighted by Crippen LogP contribution is -2.51. The Kier molecular flexibility index (Phi) is 6.81. The standard InChI is InChI=1S/C19H15ClF4N6O3/c1-8(26-18(32)29-28-17(31)19(22,23)24)15-13(21)6-10(7-25-15)11-4-3-5-12(20)14(11)16-27-9(2)33-30-16/h3-8H,1-2H3,(H,28,31)(H2,26,29,32). The first-order chi connectivity index (χ1) is 15.5. The summed E-state index contributed by atoms with van der Waals surface area (Å²) in [6, 6.07) is 3.79. The minimum atomic E-state index is -5.18. The predicted molar refractivity (Wildman–Crippen MR) is 107 cm³/mol. The van der Waals surface area contributed by atoms with Gasteiger partial charge in [0.15, 0.2) is 0 Å². The van der Waals surface area contributed by atoms with Crippen LogP contribution in [-0.4, -0.2) is 33.2 Å². The number of nitrogens with one attached hydrogen (secondary N) is 3. The van der Waals surface area contributed by atoms with Crippen molar-refractivity contribution in [3.8, 4) is 22.5 Å². The SMILES string of the molecule is Cc1nc(-c2c(Cl)cccc2-c2cnc(C(C)NC(=O)NNC(=O)C(F)(F)F)c(F)c2)no1. The van der Waals surface area contributed by atoms with Gasteiger partial charge < -0.3 is 9.84 Å². The fourth-order valence-corrected chi connectivity index (χ4v) is 3.05. The summed E-state index contributed by atoms with van der Waals surface area (Å²) in [6.45, 7) is 2.95. The molecule has 2 heterocycles. The Bertz CT molecular complexity index is 1200. The van der Waals surface area contributed by atoms with E-state index in [1.165, 1.54) is 24.0 Å². The van der Waals surface area contributed by atoms with Crippen molar-refractivity contribution in [2.45, 2.75) is 26.1 Å². The molecule has 1 atom stereocenters. The van der Waals surface area contributed by atoms with E-state index in [0.717, 1.165) is 6.07 Å². The van der Waals surface area contributed by atoms with Gasteiger partial charge in [-0.1, -0.05) is 28.9 Å². The molecule has 14 heteroatoms. The molecule has 0 fully saturated rings. The third kappa shape index (κ3) is 5.55. The fourth-order valence-electron chi connectivity index (χ4n) is 2.79. The van der Waals surface area contributed by atoms with Gasteiger partial charge in [-0.05, 0) is 24.6 Å². The molecule has 0 radical (unpaired) electrons. The number of hydrogen-bond donors (Lipinski definition) is 3.